The van der Waals surface area contributed by atoms with Crippen molar-refractivity contribution in [3.05, 3.63) is 91.0 Å². The lowest BCUT2D eigenvalue weighted by Gasteiger charge is -2.11. The molecular weight excluding hydrogens is 330 g/mol. The number of aromatic amines is 1. The number of rotatable bonds is 3. The number of benzene rings is 4. The summed E-state index contributed by atoms with van der Waals surface area (Å²) in [6, 6.07) is 31.8. The van der Waals surface area contributed by atoms with E-state index in [2.05, 4.69) is 83.8 Å². The number of para-hydroxylation sites is 1. The SMILES string of the molecule is COc1cccc(-c2ccccc2-c2ccc3c(c2)[nH]c2ccccc23)c1. The van der Waals surface area contributed by atoms with E-state index in [1.54, 1.807) is 7.11 Å². The third-order valence-electron chi connectivity index (χ3n) is 5.12. The van der Waals surface area contributed by atoms with Crippen LogP contribution in [0.2, 0.25) is 0 Å². The Morgan fingerprint density at radius 3 is 2.11 bits per heavy atom. The van der Waals surface area contributed by atoms with Gasteiger partial charge >= 0.3 is 0 Å². The minimum Gasteiger partial charge on any atom is -0.497 e. The second kappa shape index (κ2) is 6.33. The van der Waals surface area contributed by atoms with E-state index in [1.807, 2.05) is 12.1 Å². The molecule has 130 valence electrons. The van der Waals surface area contributed by atoms with Crippen molar-refractivity contribution in [1.82, 2.24) is 4.98 Å². The third-order valence-corrected chi connectivity index (χ3v) is 5.12. The van der Waals surface area contributed by atoms with Crippen LogP contribution in [0.1, 0.15) is 0 Å². The average Bonchev–Trinajstić information content (AvgIpc) is 3.11. The molecular formula is C25H19NO. The highest BCUT2D eigenvalue weighted by Gasteiger charge is 2.10. The van der Waals surface area contributed by atoms with Crippen LogP contribution in [0.4, 0.5) is 0 Å². The Morgan fingerprint density at radius 2 is 1.30 bits per heavy atom. The van der Waals surface area contributed by atoms with Crippen LogP contribution < -0.4 is 4.74 Å². The number of fused-ring (bicyclic) bond motifs is 3. The zero-order chi connectivity index (χ0) is 18.2. The maximum absolute atomic E-state index is 5.41. The lowest BCUT2D eigenvalue weighted by molar-refractivity contribution is 0.415. The smallest absolute Gasteiger partial charge is 0.119 e. The number of nitrogens with one attached hydrogen (secondary N) is 1. The van der Waals surface area contributed by atoms with Crippen molar-refractivity contribution in [3.63, 3.8) is 0 Å². The summed E-state index contributed by atoms with van der Waals surface area (Å²) in [6.07, 6.45) is 0. The lowest BCUT2D eigenvalue weighted by Crippen LogP contribution is -1.87. The quantitative estimate of drug-likeness (QED) is 0.387. The van der Waals surface area contributed by atoms with E-state index in [0.717, 1.165) is 16.8 Å². The average molecular weight is 349 g/mol. The highest BCUT2D eigenvalue weighted by atomic mass is 16.5. The monoisotopic (exact) mass is 349 g/mol. The fourth-order valence-corrected chi connectivity index (χ4v) is 3.80. The van der Waals surface area contributed by atoms with Crippen LogP contribution in [0.3, 0.4) is 0 Å². The zero-order valence-electron chi connectivity index (χ0n) is 15.1. The maximum Gasteiger partial charge on any atom is 0.119 e. The molecule has 0 saturated carbocycles. The summed E-state index contributed by atoms with van der Waals surface area (Å²) in [5.74, 6) is 0.869. The molecule has 0 aliphatic carbocycles. The molecule has 5 aromatic rings. The van der Waals surface area contributed by atoms with Gasteiger partial charge in [-0.2, -0.15) is 0 Å². The molecule has 1 heterocycles. The molecule has 0 spiro atoms. The van der Waals surface area contributed by atoms with Crippen LogP contribution in [0.25, 0.3) is 44.1 Å². The molecule has 0 aliphatic rings. The van der Waals surface area contributed by atoms with Crippen molar-refractivity contribution in [2.24, 2.45) is 0 Å². The van der Waals surface area contributed by atoms with E-state index in [1.165, 1.54) is 33.0 Å². The fourth-order valence-electron chi connectivity index (χ4n) is 3.80. The molecule has 0 saturated heterocycles. The van der Waals surface area contributed by atoms with Gasteiger partial charge in [0.15, 0.2) is 0 Å². The van der Waals surface area contributed by atoms with Gasteiger partial charge in [0.1, 0.15) is 5.75 Å². The number of hydrogen-bond acceptors (Lipinski definition) is 1. The predicted octanol–water partition coefficient (Wildman–Crippen LogP) is 6.66. The molecule has 0 amide bonds. The van der Waals surface area contributed by atoms with Crippen molar-refractivity contribution in [2.45, 2.75) is 0 Å². The number of H-pyrrole nitrogens is 1. The first-order chi connectivity index (χ1) is 13.3. The Bertz CT molecular complexity index is 1270. The first kappa shape index (κ1) is 15.7. The Hall–Kier alpha value is -3.52. The van der Waals surface area contributed by atoms with Gasteiger partial charge in [0.25, 0.3) is 0 Å². The van der Waals surface area contributed by atoms with Gasteiger partial charge < -0.3 is 9.72 Å². The molecule has 0 unspecified atom stereocenters. The van der Waals surface area contributed by atoms with Gasteiger partial charge in [0.05, 0.1) is 7.11 Å². The van der Waals surface area contributed by atoms with E-state index >= 15 is 0 Å². The van der Waals surface area contributed by atoms with Crippen molar-refractivity contribution in [2.75, 3.05) is 7.11 Å². The van der Waals surface area contributed by atoms with E-state index in [0.29, 0.717) is 0 Å². The van der Waals surface area contributed by atoms with Crippen molar-refractivity contribution in [3.8, 4) is 28.0 Å². The molecule has 0 aliphatic heterocycles. The highest BCUT2D eigenvalue weighted by molar-refractivity contribution is 6.08. The molecule has 0 fully saturated rings. The van der Waals surface area contributed by atoms with Crippen LogP contribution in [0.15, 0.2) is 91.0 Å². The van der Waals surface area contributed by atoms with Gasteiger partial charge in [-0.3, -0.25) is 0 Å². The molecule has 2 nitrogen and oxygen atoms in total. The van der Waals surface area contributed by atoms with Gasteiger partial charge in [-0.15, -0.1) is 0 Å². The largest absolute Gasteiger partial charge is 0.497 e. The van der Waals surface area contributed by atoms with Crippen LogP contribution in [-0.4, -0.2) is 12.1 Å². The lowest BCUT2D eigenvalue weighted by atomic mass is 9.94. The molecule has 5 rings (SSSR count). The Balaban J connectivity index is 1.69. The fraction of sp³-hybridized carbons (Fsp3) is 0.0400. The van der Waals surface area contributed by atoms with Gasteiger partial charge in [-0.05, 0) is 46.5 Å². The Kier molecular flexibility index (Phi) is 3.68. The molecule has 1 N–H and O–H groups in total. The third kappa shape index (κ3) is 2.67. The summed E-state index contributed by atoms with van der Waals surface area (Å²) in [4.78, 5) is 3.55. The summed E-state index contributed by atoms with van der Waals surface area (Å²) in [7, 11) is 1.70. The minimum absolute atomic E-state index is 0.869. The van der Waals surface area contributed by atoms with E-state index < -0.39 is 0 Å². The van der Waals surface area contributed by atoms with E-state index in [4.69, 9.17) is 4.74 Å². The van der Waals surface area contributed by atoms with Crippen molar-refractivity contribution < 1.29 is 4.74 Å². The number of aromatic nitrogens is 1. The van der Waals surface area contributed by atoms with E-state index in [9.17, 15) is 0 Å². The maximum atomic E-state index is 5.41. The summed E-state index contributed by atoms with van der Waals surface area (Å²) in [5.41, 5.74) is 7.10. The first-order valence-electron chi connectivity index (χ1n) is 9.08. The number of methoxy groups -OCH3 is 1. The van der Waals surface area contributed by atoms with Gasteiger partial charge in [-0.25, -0.2) is 0 Å². The van der Waals surface area contributed by atoms with Crippen LogP contribution in [-0.2, 0) is 0 Å². The van der Waals surface area contributed by atoms with E-state index in [-0.39, 0.29) is 0 Å². The predicted molar refractivity (Wildman–Crippen MR) is 113 cm³/mol. The molecule has 4 aromatic carbocycles. The van der Waals surface area contributed by atoms with Gasteiger partial charge in [-0.1, -0.05) is 66.7 Å². The van der Waals surface area contributed by atoms with Crippen LogP contribution >= 0.6 is 0 Å². The van der Waals surface area contributed by atoms with Gasteiger partial charge in [0, 0.05) is 21.8 Å². The molecule has 2 heteroatoms. The highest BCUT2D eigenvalue weighted by Crippen LogP contribution is 2.36. The molecule has 27 heavy (non-hydrogen) atoms. The first-order valence-corrected chi connectivity index (χ1v) is 9.08. The van der Waals surface area contributed by atoms with Crippen LogP contribution in [0, 0.1) is 0 Å². The molecule has 0 bridgehead atoms. The minimum atomic E-state index is 0.869. The topological polar surface area (TPSA) is 25.0 Å². The second-order valence-corrected chi connectivity index (χ2v) is 6.71. The van der Waals surface area contributed by atoms with Crippen LogP contribution in [0.5, 0.6) is 5.75 Å². The molecule has 1 aromatic heterocycles. The van der Waals surface area contributed by atoms with Gasteiger partial charge in [0.2, 0.25) is 0 Å². The molecule has 0 atom stereocenters. The Labute approximate surface area is 158 Å². The normalized spacial score (nSPS) is 11.1. The Morgan fingerprint density at radius 1 is 0.593 bits per heavy atom. The zero-order valence-corrected chi connectivity index (χ0v) is 15.1. The number of hydrogen-bond donors (Lipinski definition) is 1. The summed E-state index contributed by atoms with van der Waals surface area (Å²) in [5, 5.41) is 2.52. The summed E-state index contributed by atoms with van der Waals surface area (Å²) >= 11 is 0. The second-order valence-electron chi connectivity index (χ2n) is 6.71. The summed E-state index contributed by atoms with van der Waals surface area (Å²) in [6.45, 7) is 0. The standard InChI is InChI=1S/C25H19NO/c1-27-19-8-6-7-17(15-19)20-9-2-3-10-21(20)18-13-14-23-22-11-4-5-12-24(22)26-25(23)16-18/h2-16,26H,1H3. The number of ether oxygens (including phenoxy) is 1. The molecule has 0 radical (unpaired) electrons. The summed E-state index contributed by atoms with van der Waals surface area (Å²) < 4.78 is 5.41. The van der Waals surface area contributed by atoms with Crippen molar-refractivity contribution in [1.29, 1.82) is 0 Å². The van der Waals surface area contributed by atoms with Crippen molar-refractivity contribution >= 4 is 21.8 Å².